The highest BCUT2D eigenvalue weighted by Crippen LogP contribution is 2.34. The number of aromatic nitrogens is 1. The molecule has 1 aliphatic rings. The summed E-state index contributed by atoms with van der Waals surface area (Å²) in [7, 11) is -4.02. The number of nitrogens with one attached hydrogen (secondary N) is 2. The quantitative estimate of drug-likeness (QED) is 0.198. The van der Waals surface area contributed by atoms with Gasteiger partial charge >= 0.3 is 5.97 Å². The first-order valence-corrected chi connectivity index (χ1v) is 13.6. The van der Waals surface area contributed by atoms with E-state index in [1.807, 2.05) is 18.2 Å². The first kappa shape index (κ1) is 24.5. The van der Waals surface area contributed by atoms with Crippen LogP contribution >= 0.6 is 11.3 Å². The molecule has 188 valence electrons. The molecule has 0 bridgehead atoms. The first-order valence-electron chi connectivity index (χ1n) is 11.3. The van der Waals surface area contributed by atoms with Gasteiger partial charge in [-0.3, -0.25) is 14.9 Å². The third kappa shape index (κ3) is 5.18. The van der Waals surface area contributed by atoms with Gasteiger partial charge in [0.1, 0.15) is 17.3 Å². The van der Waals surface area contributed by atoms with E-state index in [9.17, 15) is 18.3 Å². The SMILES string of the molecule is N=C(N)c1ccc(Cc2nc3cc(NS(=O)(=O)c4cccc5c4N(CC(=O)O)CC=C5)ccc3s2)cc1. The predicted octanol–water partition coefficient (Wildman–Crippen LogP) is 3.89. The average molecular weight is 534 g/mol. The Morgan fingerprint density at radius 1 is 1.16 bits per heavy atom. The summed E-state index contributed by atoms with van der Waals surface area (Å²) >= 11 is 1.53. The average Bonchev–Trinajstić information content (AvgIpc) is 3.25. The molecule has 0 saturated heterocycles. The van der Waals surface area contributed by atoms with E-state index >= 15 is 0 Å². The van der Waals surface area contributed by atoms with Crippen LogP contribution in [0.4, 0.5) is 11.4 Å². The minimum Gasteiger partial charge on any atom is -0.480 e. The minimum absolute atomic E-state index is 0.0172. The number of carbonyl (C=O) groups is 1. The van der Waals surface area contributed by atoms with E-state index in [1.54, 1.807) is 48.6 Å². The second-order valence-corrected chi connectivity index (χ2v) is 11.3. The van der Waals surface area contributed by atoms with Crippen molar-refractivity contribution in [2.24, 2.45) is 5.73 Å². The van der Waals surface area contributed by atoms with Gasteiger partial charge in [0.25, 0.3) is 10.0 Å². The molecule has 0 atom stereocenters. The van der Waals surface area contributed by atoms with Crippen molar-refractivity contribution in [2.75, 3.05) is 22.7 Å². The molecule has 0 saturated carbocycles. The number of nitrogens with two attached hydrogens (primary N) is 1. The number of anilines is 2. The van der Waals surface area contributed by atoms with Crippen LogP contribution in [-0.4, -0.2) is 43.4 Å². The lowest BCUT2D eigenvalue weighted by atomic mass is 10.1. The van der Waals surface area contributed by atoms with Gasteiger partial charge in [0, 0.05) is 18.5 Å². The number of sulfonamides is 1. The number of carboxylic acid groups (broad SMARTS) is 1. The Hall–Kier alpha value is -4.22. The van der Waals surface area contributed by atoms with E-state index in [2.05, 4.69) is 9.71 Å². The Kier molecular flexibility index (Phi) is 6.40. The number of nitrogen functional groups attached to an aromatic ring is 1. The summed E-state index contributed by atoms with van der Waals surface area (Å²) in [5.41, 5.74) is 9.25. The maximum absolute atomic E-state index is 13.4. The molecule has 2 heterocycles. The van der Waals surface area contributed by atoms with Crippen LogP contribution in [0, 0.1) is 5.41 Å². The lowest BCUT2D eigenvalue weighted by Gasteiger charge is -2.28. The van der Waals surface area contributed by atoms with Crippen LogP contribution in [0.2, 0.25) is 0 Å². The zero-order chi connectivity index (χ0) is 26.2. The molecule has 0 fully saturated rings. The van der Waals surface area contributed by atoms with Gasteiger partial charge < -0.3 is 15.7 Å². The molecular weight excluding hydrogens is 510 g/mol. The number of rotatable bonds is 8. The Balaban J connectivity index is 1.41. The molecule has 11 heteroatoms. The van der Waals surface area contributed by atoms with E-state index in [0.717, 1.165) is 15.3 Å². The largest absolute Gasteiger partial charge is 0.480 e. The van der Waals surface area contributed by atoms with Crippen LogP contribution in [0.1, 0.15) is 21.7 Å². The summed E-state index contributed by atoms with van der Waals surface area (Å²) in [5, 5.41) is 17.7. The number of thiazole rings is 1. The number of carboxylic acids is 1. The number of amidine groups is 1. The minimum atomic E-state index is -4.02. The van der Waals surface area contributed by atoms with Crippen LogP contribution < -0.4 is 15.4 Å². The van der Waals surface area contributed by atoms with Gasteiger partial charge in [0.15, 0.2) is 0 Å². The number of aliphatic carboxylic acids is 1. The molecule has 0 aliphatic carbocycles. The van der Waals surface area contributed by atoms with Gasteiger partial charge in [0.05, 0.1) is 26.6 Å². The standard InChI is InChI=1S/C26H23N5O4S2/c27-26(28)18-8-6-16(7-9-18)13-23-29-20-14-19(10-11-21(20)36-23)30-37(34,35)22-5-1-3-17-4-2-12-31(25(17)22)15-24(32)33/h1-11,14,30H,12-13,15H2,(H3,27,28)(H,32,33). The van der Waals surface area contributed by atoms with E-state index in [0.29, 0.717) is 41.0 Å². The van der Waals surface area contributed by atoms with Gasteiger partial charge in [-0.2, -0.15) is 0 Å². The summed E-state index contributed by atoms with van der Waals surface area (Å²) in [5.74, 6) is -1.02. The maximum Gasteiger partial charge on any atom is 0.323 e. The van der Waals surface area contributed by atoms with Crippen molar-refractivity contribution in [1.82, 2.24) is 4.98 Å². The highest BCUT2D eigenvalue weighted by atomic mass is 32.2. The molecule has 5 N–H and O–H groups in total. The monoisotopic (exact) mass is 533 g/mol. The summed E-state index contributed by atoms with van der Waals surface area (Å²) in [6.45, 7) is -0.00815. The van der Waals surface area contributed by atoms with Gasteiger partial charge in [-0.25, -0.2) is 13.4 Å². The molecule has 0 radical (unpaired) electrons. The predicted molar refractivity (Wildman–Crippen MR) is 146 cm³/mol. The van der Waals surface area contributed by atoms with Crippen molar-refractivity contribution < 1.29 is 18.3 Å². The lowest BCUT2D eigenvalue weighted by Crippen LogP contribution is -2.33. The third-order valence-corrected chi connectivity index (χ3v) is 8.34. The fraction of sp³-hybridized carbons (Fsp3) is 0.115. The van der Waals surface area contributed by atoms with Gasteiger partial charge in [0.2, 0.25) is 0 Å². The molecule has 4 aromatic rings. The number of fused-ring (bicyclic) bond motifs is 2. The maximum atomic E-state index is 13.4. The Bertz CT molecular complexity index is 1660. The van der Waals surface area contributed by atoms with Crippen molar-refractivity contribution >= 4 is 60.8 Å². The van der Waals surface area contributed by atoms with Crippen molar-refractivity contribution in [3.63, 3.8) is 0 Å². The van der Waals surface area contributed by atoms with Crippen LogP contribution in [-0.2, 0) is 21.2 Å². The number of para-hydroxylation sites is 1. The third-order valence-electron chi connectivity index (χ3n) is 5.89. The number of benzene rings is 3. The molecule has 0 amide bonds. The fourth-order valence-electron chi connectivity index (χ4n) is 4.24. The van der Waals surface area contributed by atoms with Crippen LogP contribution in [0.25, 0.3) is 16.3 Å². The molecule has 1 aliphatic heterocycles. The zero-order valence-corrected chi connectivity index (χ0v) is 21.1. The van der Waals surface area contributed by atoms with Crippen LogP contribution in [0.3, 0.4) is 0 Å². The van der Waals surface area contributed by atoms with Crippen LogP contribution in [0.5, 0.6) is 0 Å². The number of hydrogen-bond donors (Lipinski definition) is 4. The first-order chi connectivity index (χ1) is 17.7. The van der Waals surface area contributed by atoms with Gasteiger partial charge in [-0.1, -0.05) is 48.6 Å². The molecular formula is C26H23N5O4S2. The summed E-state index contributed by atoms with van der Waals surface area (Å²) in [4.78, 5) is 17.6. The normalized spacial score (nSPS) is 12.9. The van der Waals surface area contributed by atoms with Crippen molar-refractivity contribution in [1.29, 1.82) is 5.41 Å². The smallest absolute Gasteiger partial charge is 0.323 e. The second-order valence-electron chi connectivity index (χ2n) is 8.55. The van der Waals surface area contributed by atoms with Crippen molar-refractivity contribution in [3.05, 3.63) is 88.4 Å². The second kappa shape index (κ2) is 9.68. The molecule has 9 nitrogen and oxygen atoms in total. The Morgan fingerprint density at radius 2 is 1.95 bits per heavy atom. The highest BCUT2D eigenvalue weighted by Gasteiger charge is 2.26. The molecule has 5 rings (SSSR count). The number of hydrogen-bond acceptors (Lipinski definition) is 7. The van der Waals surface area contributed by atoms with E-state index < -0.39 is 16.0 Å². The summed E-state index contributed by atoms with van der Waals surface area (Å²) in [6.07, 6.45) is 4.20. The zero-order valence-electron chi connectivity index (χ0n) is 19.5. The Morgan fingerprint density at radius 3 is 2.68 bits per heavy atom. The summed E-state index contributed by atoms with van der Waals surface area (Å²) in [6, 6.07) is 17.5. The Labute approximate surface area is 217 Å². The molecule has 1 aromatic heterocycles. The van der Waals surface area contributed by atoms with Crippen LogP contribution in [0.15, 0.2) is 71.6 Å². The highest BCUT2D eigenvalue weighted by molar-refractivity contribution is 7.92. The van der Waals surface area contributed by atoms with E-state index in [-0.39, 0.29) is 17.3 Å². The van der Waals surface area contributed by atoms with Gasteiger partial charge in [-0.15, -0.1) is 11.3 Å². The molecule has 0 unspecified atom stereocenters. The topological polar surface area (TPSA) is 149 Å². The van der Waals surface area contributed by atoms with E-state index in [4.69, 9.17) is 11.1 Å². The lowest BCUT2D eigenvalue weighted by molar-refractivity contribution is -0.135. The molecule has 3 aromatic carbocycles. The fourth-order valence-corrected chi connectivity index (χ4v) is 6.52. The molecule has 37 heavy (non-hydrogen) atoms. The van der Waals surface area contributed by atoms with E-state index in [1.165, 1.54) is 22.3 Å². The number of nitrogens with zero attached hydrogens (tertiary/aromatic N) is 2. The molecule has 0 spiro atoms. The summed E-state index contributed by atoms with van der Waals surface area (Å²) < 4.78 is 30.4. The van der Waals surface area contributed by atoms with Crippen molar-refractivity contribution in [2.45, 2.75) is 11.3 Å². The van der Waals surface area contributed by atoms with Crippen molar-refractivity contribution in [3.8, 4) is 0 Å². The van der Waals surface area contributed by atoms with Gasteiger partial charge in [-0.05, 0) is 35.4 Å².